The van der Waals surface area contributed by atoms with Gasteiger partial charge >= 0.3 is 12.1 Å². The zero-order valence-corrected chi connectivity index (χ0v) is 8.12. The molecule has 3 N–H and O–H groups in total. The van der Waals surface area contributed by atoms with Gasteiger partial charge in [0.15, 0.2) is 0 Å². The Hall–Kier alpha value is -2.24. The van der Waals surface area contributed by atoms with Gasteiger partial charge in [0.1, 0.15) is 11.8 Å². The summed E-state index contributed by atoms with van der Waals surface area (Å²) in [5, 5.41) is 27.1. The van der Waals surface area contributed by atoms with Crippen LogP contribution < -0.4 is 4.90 Å². The molecule has 2 rings (SSSR count). The number of aliphatic carboxylic acids is 1. The fourth-order valence-electron chi connectivity index (χ4n) is 1.85. The molecule has 6 heteroatoms. The molecule has 16 heavy (non-hydrogen) atoms. The van der Waals surface area contributed by atoms with E-state index in [4.69, 9.17) is 10.2 Å². The first kappa shape index (κ1) is 10.3. The highest BCUT2D eigenvalue weighted by molar-refractivity contribution is 5.97. The molecule has 0 aliphatic carbocycles. The maximum absolute atomic E-state index is 11.0. The van der Waals surface area contributed by atoms with E-state index in [1.54, 1.807) is 0 Å². The quantitative estimate of drug-likeness (QED) is 0.656. The van der Waals surface area contributed by atoms with Crippen LogP contribution in [0.1, 0.15) is 5.56 Å². The second-order valence-corrected chi connectivity index (χ2v) is 3.52. The van der Waals surface area contributed by atoms with E-state index in [-0.39, 0.29) is 17.9 Å². The van der Waals surface area contributed by atoms with Crippen molar-refractivity contribution < 1.29 is 24.9 Å². The molecular formula is C10H9NO5. The first-order valence-corrected chi connectivity index (χ1v) is 4.57. The van der Waals surface area contributed by atoms with Crippen LogP contribution in [0.15, 0.2) is 18.2 Å². The molecular weight excluding hydrogens is 214 g/mol. The van der Waals surface area contributed by atoms with Crippen LogP contribution in [0.4, 0.5) is 10.5 Å². The number of hydrogen-bond donors (Lipinski definition) is 3. The lowest BCUT2D eigenvalue weighted by molar-refractivity contribution is -0.138. The number of nitrogens with zero attached hydrogens (tertiary/aromatic N) is 1. The summed E-state index contributed by atoms with van der Waals surface area (Å²) in [4.78, 5) is 22.6. The first-order chi connectivity index (χ1) is 7.50. The van der Waals surface area contributed by atoms with E-state index >= 15 is 0 Å². The highest BCUT2D eigenvalue weighted by atomic mass is 16.4. The van der Waals surface area contributed by atoms with Crippen LogP contribution in [0, 0.1) is 0 Å². The summed E-state index contributed by atoms with van der Waals surface area (Å²) in [6.45, 7) is 0. The van der Waals surface area contributed by atoms with Crippen LogP contribution in [0.2, 0.25) is 0 Å². The second-order valence-electron chi connectivity index (χ2n) is 3.52. The van der Waals surface area contributed by atoms with Crippen LogP contribution in [0.25, 0.3) is 0 Å². The van der Waals surface area contributed by atoms with E-state index < -0.39 is 18.1 Å². The zero-order valence-electron chi connectivity index (χ0n) is 8.12. The summed E-state index contributed by atoms with van der Waals surface area (Å²) in [6.07, 6.45) is -1.21. The van der Waals surface area contributed by atoms with Gasteiger partial charge in [-0.05, 0) is 11.6 Å². The Morgan fingerprint density at radius 2 is 2.00 bits per heavy atom. The molecule has 1 heterocycles. The zero-order chi connectivity index (χ0) is 11.9. The third-order valence-corrected chi connectivity index (χ3v) is 2.54. The maximum atomic E-state index is 11.0. The van der Waals surface area contributed by atoms with Gasteiger partial charge in [0, 0.05) is 12.5 Å². The second kappa shape index (κ2) is 3.41. The van der Waals surface area contributed by atoms with Gasteiger partial charge in [0.2, 0.25) is 0 Å². The lowest BCUT2D eigenvalue weighted by Gasteiger charge is -2.18. The summed E-state index contributed by atoms with van der Waals surface area (Å²) in [5.41, 5.74) is 0.840. The van der Waals surface area contributed by atoms with Gasteiger partial charge in [-0.2, -0.15) is 0 Å². The fourth-order valence-corrected chi connectivity index (χ4v) is 1.85. The minimum Gasteiger partial charge on any atom is -0.508 e. The summed E-state index contributed by atoms with van der Waals surface area (Å²) in [7, 11) is 0. The van der Waals surface area contributed by atoms with Gasteiger partial charge in [0.05, 0.1) is 5.69 Å². The molecule has 0 bridgehead atoms. The van der Waals surface area contributed by atoms with Crippen LogP contribution in [0.5, 0.6) is 5.75 Å². The Labute approximate surface area is 90.4 Å². The fraction of sp³-hybridized carbons (Fsp3) is 0.200. The standard InChI is InChI=1S/C10H9NO5/c12-6-2-1-5-3-8(9(13)14)11(10(15)16)7(5)4-6/h1-2,4,8,12H,3H2,(H,13,14)(H,15,16)/t8-/m0/s1. The van der Waals surface area contributed by atoms with Gasteiger partial charge < -0.3 is 15.3 Å². The Kier molecular flexibility index (Phi) is 2.19. The number of aromatic hydroxyl groups is 1. The summed E-state index contributed by atoms with van der Waals surface area (Å²) in [5.74, 6) is -1.28. The van der Waals surface area contributed by atoms with Crippen LogP contribution in [-0.4, -0.2) is 33.4 Å². The minimum absolute atomic E-state index is 0.0870. The number of carbonyl (C=O) groups is 2. The maximum Gasteiger partial charge on any atom is 0.412 e. The van der Waals surface area contributed by atoms with E-state index in [9.17, 15) is 14.7 Å². The molecule has 0 fully saturated rings. The van der Waals surface area contributed by atoms with Gasteiger partial charge in [-0.1, -0.05) is 6.07 Å². The number of carboxylic acids is 1. The number of benzene rings is 1. The summed E-state index contributed by atoms with van der Waals surface area (Å²) < 4.78 is 0. The van der Waals surface area contributed by atoms with E-state index in [2.05, 4.69) is 0 Å². The van der Waals surface area contributed by atoms with Crippen LogP contribution in [0.3, 0.4) is 0 Å². The lowest BCUT2D eigenvalue weighted by atomic mass is 10.1. The molecule has 0 radical (unpaired) electrons. The molecule has 0 unspecified atom stereocenters. The number of phenolic OH excluding ortho intramolecular Hbond substituents is 1. The van der Waals surface area contributed by atoms with Crippen molar-refractivity contribution in [2.75, 3.05) is 4.90 Å². The lowest BCUT2D eigenvalue weighted by Crippen LogP contribution is -2.41. The molecule has 1 amide bonds. The smallest absolute Gasteiger partial charge is 0.412 e. The number of fused-ring (bicyclic) bond motifs is 1. The van der Waals surface area contributed by atoms with Crippen LogP contribution in [-0.2, 0) is 11.2 Å². The normalized spacial score (nSPS) is 18.2. The molecule has 1 aliphatic heterocycles. The van der Waals surface area contributed by atoms with E-state index in [0.29, 0.717) is 5.56 Å². The predicted molar refractivity (Wildman–Crippen MR) is 53.7 cm³/mol. The molecule has 1 aromatic rings. The van der Waals surface area contributed by atoms with Gasteiger partial charge in [-0.15, -0.1) is 0 Å². The Balaban J connectivity index is 2.50. The van der Waals surface area contributed by atoms with Crippen molar-refractivity contribution in [1.29, 1.82) is 0 Å². The molecule has 84 valence electrons. The predicted octanol–water partition coefficient (Wildman–Crippen LogP) is 0.886. The van der Waals surface area contributed by atoms with Crippen molar-refractivity contribution in [1.82, 2.24) is 0 Å². The SMILES string of the molecule is O=C(O)[C@@H]1Cc2ccc(O)cc2N1C(=O)O. The number of anilines is 1. The highest BCUT2D eigenvalue weighted by Crippen LogP contribution is 2.34. The molecule has 1 aliphatic rings. The third-order valence-electron chi connectivity index (χ3n) is 2.54. The van der Waals surface area contributed by atoms with Crippen molar-refractivity contribution in [3.63, 3.8) is 0 Å². The Morgan fingerprint density at radius 1 is 1.31 bits per heavy atom. The van der Waals surface area contributed by atoms with Crippen molar-refractivity contribution in [2.45, 2.75) is 12.5 Å². The summed E-state index contributed by atoms with van der Waals surface area (Å²) >= 11 is 0. The number of amides is 1. The van der Waals surface area contributed by atoms with E-state index in [1.165, 1.54) is 18.2 Å². The Bertz CT molecular complexity index is 470. The largest absolute Gasteiger partial charge is 0.508 e. The van der Waals surface area contributed by atoms with Gasteiger partial charge in [0.25, 0.3) is 0 Å². The molecule has 1 atom stereocenters. The van der Waals surface area contributed by atoms with Crippen molar-refractivity contribution in [3.8, 4) is 5.75 Å². The number of rotatable bonds is 1. The minimum atomic E-state index is -1.34. The molecule has 0 aromatic heterocycles. The van der Waals surface area contributed by atoms with Gasteiger partial charge in [-0.25, -0.2) is 9.59 Å². The highest BCUT2D eigenvalue weighted by Gasteiger charge is 2.38. The topological polar surface area (TPSA) is 98.1 Å². The van der Waals surface area contributed by atoms with Crippen molar-refractivity contribution in [3.05, 3.63) is 23.8 Å². The average molecular weight is 223 g/mol. The molecule has 1 aromatic carbocycles. The number of hydrogen-bond acceptors (Lipinski definition) is 3. The monoisotopic (exact) mass is 223 g/mol. The number of carboxylic acid groups (broad SMARTS) is 2. The van der Waals surface area contributed by atoms with Gasteiger partial charge in [-0.3, -0.25) is 4.90 Å². The molecule has 0 saturated carbocycles. The number of phenols is 1. The van der Waals surface area contributed by atoms with Crippen LogP contribution >= 0.6 is 0 Å². The Morgan fingerprint density at radius 3 is 2.56 bits per heavy atom. The van der Waals surface area contributed by atoms with E-state index in [1.807, 2.05) is 0 Å². The summed E-state index contributed by atoms with van der Waals surface area (Å²) in [6, 6.07) is 3.08. The first-order valence-electron chi connectivity index (χ1n) is 4.57. The molecule has 0 spiro atoms. The average Bonchev–Trinajstić information content (AvgIpc) is 2.55. The molecule has 6 nitrogen and oxygen atoms in total. The molecule has 0 saturated heterocycles. The van der Waals surface area contributed by atoms with Crippen molar-refractivity contribution in [2.24, 2.45) is 0 Å². The third kappa shape index (κ3) is 1.44. The van der Waals surface area contributed by atoms with E-state index in [0.717, 1.165) is 4.90 Å². The van der Waals surface area contributed by atoms with Crippen molar-refractivity contribution >= 4 is 17.7 Å².